The Bertz CT molecular complexity index is 1500. The fraction of sp³-hybridized carbons (Fsp3) is 0.538. The van der Waals surface area contributed by atoms with E-state index >= 15 is 0 Å². The van der Waals surface area contributed by atoms with Gasteiger partial charge in [-0.1, -0.05) is 0 Å². The molecule has 0 bridgehead atoms. The van der Waals surface area contributed by atoms with Gasteiger partial charge in [-0.05, 0) is 39.7 Å². The number of carbonyl (C=O) groups excluding carboxylic acids is 2. The van der Waals surface area contributed by atoms with Crippen molar-refractivity contribution < 1.29 is 31.9 Å². The molecule has 2 aliphatic rings. The summed E-state index contributed by atoms with van der Waals surface area (Å²) < 4.78 is 41.7. The summed E-state index contributed by atoms with van der Waals surface area (Å²) in [5, 5.41) is 8.38. The molecule has 0 aliphatic carbocycles. The Labute approximate surface area is 232 Å². The summed E-state index contributed by atoms with van der Waals surface area (Å²) in [6.45, 7) is 7.24. The van der Waals surface area contributed by atoms with Crippen molar-refractivity contribution in [1.29, 1.82) is 0 Å². The molecule has 4 heterocycles. The number of anilines is 2. The zero-order valence-electron chi connectivity index (χ0n) is 23.0. The maximum Gasteiger partial charge on any atom is 0.410 e. The van der Waals surface area contributed by atoms with Crippen LogP contribution in [0.15, 0.2) is 29.0 Å². The van der Waals surface area contributed by atoms with Crippen molar-refractivity contribution in [3.63, 3.8) is 0 Å². The molecule has 2 fully saturated rings. The van der Waals surface area contributed by atoms with Crippen molar-refractivity contribution in [2.24, 2.45) is 0 Å². The minimum atomic E-state index is -3.05. The number of nitrogens with zero attached hydrogens (tertiary/aromatic N) is 5. The normalized spacial score (nSPS) is 18.1. The van der Waals surface area contributed by atoms with Crippen molar-refractivity contribution in [2.45, 2.75) is 45.3 Å². The van der Waals surface area contributed by atoms with Gasteiger partial charge < -0.3 is 29.0 Å². The third kappa shape index (κ3) is 6.16. The van der Waals surface area contributed by atoms with Crippen LogP contribution in [0.3, 0.4) is 0 Å². The molecule has 2 saturated heterocycles. The maximum absolute atomic E-state index is 13.0. The quantitative estimate of drug-likeness (QED) is 0.482. The molecule has 0 spiro atoms. The van der Waals surface area contributed by atoms with Gasteiger partial charge in [0.05, 0.1) is 35.9 Å². The van der Waals surface area contributed by atoms with Gasteiger partial charge in [0.1, 0.15) is 17.6 Å². The molecular formula is C26H34N6O7S. The average molecular weight is 575 g/mol. The maximum atomic E-state index is 13.0. The Balaban J connectivity index is 1.26. The van der Waals surface area contributed by atoms with Crippen LogP contribution in [0.4, 0.5) is 16.5 Å². The summed E-state index contributed by atoms with van der Waals surface area (Å²) in [4.78, 5) is 33.1. The third-order valence-corrected chi connectivity index (χ3v) is 8.53. The number of amides is 2. The van der Waals surface area contributed by atoms with Crippen LogP contribution in [0.2, 0.25) is 0 Å². The minimum absolute atomic E-state index is 0.0185. The summed E-state index contributed by atoms with van der Waals surface area (Å²) in [5.74, 6) is -0.00928. The first-order valence-electron chi connectivity index (χ1n) is 13.2. The Kier molecular flexibility index (Phi) is 7.38. The van der Waals surface area contributed by atoms with E-state index in [4.69, 9.17) is 19.0 Å². The number of nitrogens with one attached hydrogen (secondary N) is 1. The predicted octanol–water partition coefficient (Wildman–Crippen LogP) is 3.09. The first-order chi connectivity index (χ1) is 18.9. The van der Waals surface area contributed by atoms with Crippen molar-refractivity contribution in [3.8, 4) is 5.75 Å². The van der Waals surface area contributed by atoms with Crippen molar-refractivity contribution >= 4 is 44.4 Å². The van der Waals surface area contributed by atoms with Gasteiger partial charge in [0.25, 0.3) is 11.9 Å². The molecule has 0 unspecified atom stereocenters. The number of ether oxygens (including phenoxy) is 2. The van der Waals surface area contributed by atoms with Crippen LogP contribution in [-0.2, 0) is 14.6 Å². The van der Waals surface area contributed by atoms with Gasteiger partial charge in [-0.3, -0.25) is 9.48 Å². The van der Waals surface area contributed by atoms with E-state index in [-0.39, 0.29) is 48.4 Å². The molecule has 216 valence electrons. The van der Waals surface area contributed by atoms with E-state index in [9.17, 15) is 18.0 Å². The van der Waals surface area contributed by atoms with Crippen molar-refractivity contribution in [2.75, 3.05) is 55.0 Å². The Hall–Kier alpha value is -3.81. The van der Waals surface area contributed by atoms with E-state index in [0.29, 0.717) is 30.0 Å². The summed E-state index contributed by atoms with van der Waals surface area (Å²) in [7, 11) is -1.54. The molecule has 1 N–H and O–H groups in total. The zero-order valence-corrected chi connectivity index (χ0v) is 23.9. The summed E-state index contributed by atoms with van der Waals surface area (Å²) in [6, 6.07) is 3.89. The van der Waals surface area contributed by atoms with E-state index < -0.39 is 21.3 Å². The first-order valence-corrected chi connectivity index (χ1v) is 15.0. The average Bonchev–Trinajstić information content (AvgIpc) is 3.55. The fourth-order valence-electron chi connectivity index (χ4n) is 4.77. The van der Waals surface area contributed by atoms with Gasteiger partial charge in [0.15, 0.2) is 15.5 Å². The number of fused-ring (bicyclic) bond motifs is 1. The highest BCUT2D eigenvalue weighted by Gasteiger charge is 2.29. The number of sulfone groups is 1. The predicted molar refractivity (Wildman–Crippen MR) is 148 cm³/mol. The Morgan fingerprint density at radius 3 is 2.45 bits per heavy atom. The highest BCUT2D eigenvalue weighted by atomic mass is 32.2. The lowest BCUT2D eigenvalue weighted by Gasteiger charge is -2.33. The second kappa shape index (κ2) is 10.6. The molecule has 1 aromatic carbocycles. The van der Waals surface area contributed by atoms with Crippen molar-refractivity contribution in [3.05, 3.63) is 30.3 Å². The highest BCUT2D eigenvalue weighted by molar-refractivity contribution is 7.91. The van der Waals surface area contributed by atoms with Crippen molar-refractivity contribution in [1.82, 2.24) is 19.7 Å². The third-order valence-electron chi connectivity index (χ3n) is 6.92. The van der Waals surface area contributed by atoms with Crippen LogP contribution in [-0.4, -0.2) is 90.5 Å². The molecule has 5 rings (SSSR count). The lowest BCUT2D eigenvalue weighted by atomic mass is 10.1. The van der Waals surface area contributed by atoms with Gasteiger partial charge >= 0.3 is 6.09 Å². The fourth-order valence-corrected chi connectivity index (χ4v) is 5.97. The molecule has 2 amide bonds. The molecule has 3 aromatic rings. The standard InChI is InChI=1S/C26H34N6O7S/c1-26(2,3)39-25(34)31-7-5-18(6-8-31)32-15-17-13-20(22(37-4)14-19(17)29-32)27-23(33)21-16-38-24(28-21)30-9-11-40(35,36)12-10-30/h13-16,18H,5-12H2,1-4H3,(H,27,33). The molecule has 0 saturated carbocycles. The van der Waals surface area contributed by atoms with Crippen LogP contribution in [0, 0.1) is 0 Å². The number of likely N-dealkylation sites (tertiary alicyclic amines) is 1. The smallest absolute Gasteiger partial charge is 0.410 e. The van der Waals surface area contributed by atoms with Gasteiger partial charge in [-0.25, -0.2) is 13.2 Å². The summed E-state index contributed by atoms with van der Waals surface area (Å²) >= 11 is 0. The topological polar surface area (TPSA) is 149 Å². The van der Waals surface area contributed by atoms with E-state index in [1.807, 2.05) is 31.6 Å². The number of carbonyl (C=O) groups is 2. The molecule has 2 aliphatic heterocycles. The lowest BCUT2D eigenvalue weighted by molar-refractivity contribution is 0.0185. The monoisotopic (exact) mass is 574 g/mol. The second-order valence-electron chi connectivity index (χ2n) is 11.0. The molecule has 13 nitrogen and oxygen atoms in total. The van der Waals surface area contributed by atoms with Crippen LogP contribution < -0.4 is 15.0 Å². The van der Waals surface area contributed by atoms with E-state index in [2.05, 4.69) is 10.3 Å². The van der Waals surface area contributed by atoms with Crippen LogP contribution >= 0.6 is 0 Å². The zero-order chi connectivity index (χ0) is 28.7. The van der Waals surface area contributed by atoms with E-state index in [1.165, 1.54) is 13.4 Å². The molecule has 40 heavy (non-hydrogen) atoms. The van der Waals surface area contributed by atoms with Gasteiger partial charge in [-0.15, -0.1) is 0 Å². The number of hydrogen-bond acceptors (Lipinski definition) is 10. The molecule has 0 atom stereocenters. The second-order valence-corrected chi connectivity index (χ2v) is 13.3. The SMILES string of the molecule is COc1cc2nn(C3CCN(C(=O)OC(C)(C)C)CC3)cc2cc1NC(=O)c1coc(N2CCS(=O)(=O)CC2)n1. The molecule has 0 radical (unpaired) electrons. The van der Waals surface area contributed by atoms with Crippen LogP contribution in [0.25, 0.3) is 10.9 Å². The number of methoxy groups -OCH3 is 1. The number of benzene rings is 1. The van der Waals surface area contributed by atoms with Gasteiger partial charge in [0.2, 0.25) is 0 Å². The van der Waals surface area contributed by atoms with Crippen LogP contribution in [0.5, 0.6) is 5.75 Å². The number of piperidine rings is 1. The summed E-state index contributed by atoms with van der Waals surface area (Å²) in [6.07, 6.45) is 4.36. The molecular weight excluding hydrogens is 540 g/mol. The number of aromatic nitrogens is 3. The molecule has 14 heteroatoms. The largest absolute Gasteiger partial charge is 0.494 e. The van der Waals surface area contributed by atoms with E-state index in [0.717, 1.165) is 18.2 Å². The number of rotatable bonds is 5. The summed E-state index contributed by atoms with van der Waals surface area (Å²) in [5.41, 5.74) is 0.702. The molecule has 2 aromatic heterocycles. The first kappa shape index (κ1) is 27.7. The minimum Gasteiger partial charge on any atom is -0.494 e. The highest BCUT2D eigenvalue weighted by Crippen LogP contribution is 2.32. The number of hydrogen-bond donors (Lipinski definition) is 1. The van der Waals surface area contributed by atoms with Gasteiger partial charge in [-0.2, -0.15) is 10.1 Å². The Morgan fingerprint density at radius 2 is 1.80 bits per heavy atom. The van der Waals surface area contributed by atoms with E-state index in [1.54, 1.807) is 21.9 Å². The lowest BCUT2D eigenvalue weighted by Crippen LogP contribution is -2.42. The Morgan fingerprint density at radius 1 is 1.10 bits per heavy atom. The number of oxazole rings is 1. The van der Waals surface area contributed by atoms with Crippen LogP contribution in [0.1, 0.15) is 50.1 Å². The van der Waals surface area contributed by atoms with Gasteiger partial charge in [0, 0.05) is 43.8 Å².